The van der Waals surface area contributed by atoms with E-state index >= 15 is 0 Å². The van der Waals surface area contributed by atoms with Gasteiger partial charge < -0.3 is 0 Å². The molecule has 0 radical (unpaired) electrons. The SMILES string of the molecule is C=CCC(C)(C(=O)Cl)C(=O)Cl. The first-order chi connectivity index (χ1) is 4.95. The topological polar surface area (TPSA) is 34.1 Å². The molecule has 0 heterocycles. The van der Waals surface area contributed by atoms with Gasteiger partial charge in [-0.15, -0.1) is 6.58 Å². The minimum Gasteiger partial charge on any atom is -0.280 e. The fourth-order valence-electron chi connectivity index (χ4n) is 0.526. The van der Waals surface area contributed by atoms with Crippen molar-refractivity contribution in [2.24, 2.45) is 5.41 Å². The molecule has 0 atom stereocenters. The van der Waals surface area contributed by atoms with Crippen LogP contribution in [0.5, 0.6) is 0 Å². The molecule has 0 N–H and O–H groups in total. The third kappa shape index (κ3) is 2.31. The summed E-state index contributed by atoms with van der Waals surface area (Å²) in [5.74, 6) is 0. The predicted molar refractivity (Wildman–Crippen MR) is 44.6 cm³/mol. The van der Waals surface area contributed by atoms with Crippen LogP contribution in [0.4, 0.5) is 0 Å². The van der Waals surface area contributed by atoms with Gasteiger partial charge in [-0.25, -0.2) is 0 Å². The molecular formula is C7H8Cl2O2. The van der Waals surface area contributed by atoms with Crippen LogP contribution in [0.25, 0.3) is 0 Å². The molecule has 0 aromatic carbocycles. The van der Waals surface area contributed by atoms with Gasteiger partial charge in [-0.05, 0) is 36.5 Å². The number of halogens is 2. The lowest BCUT2D eigenvalue weighted by Gasteiger charge is -2.17. The number of rotatable bonds is 4. The van der Waals surface area contributed by atoms with E-state index in [0.29, 0.717) is 0 Å². The first-order valence-electron chi connectivity index (χ1n) is 2.96. The maximum Gasteiger partial charge on any atom is 0.236 e. The van der Waals surface area contributed by atoms with Crippen molar-refractivity contribution in [2.75, 3.05) is 0 Å². The smallest absolute Gasteiger partial charge is 0.236 e. The van der Waals surface area contributed by atoms with E-state index in [2.05, 4.69) is 6.58 Å². The van der Waals surface area contributed by atoms with E-state index in [-0.39, 0.29) is 6.42 Å². The standard InChI is InChI=1S/C7H8Cl2O2/c1-3-4-7(2,5(8)10)6(9)11/h3H,1,4H2,2H3. The van der Waals surface area contributed by atoms with Gasteiger partial charge in [-0.1, -0.05) is 6.08 Å². The zero-order valence-corrected chi connectivity index (χ0v) is 7.58. The Balaban J connectivity index is 4.65. The molecule has 0 amide bonds. The van der Waals surface area contributed by atoms with Crippen LogP contribution < -0.4 is 0 Å². The largest absolute Gasteiger partial charge is 0.280 e. The summed E-state index contributed by atoms with van der Waals surface area (Å²) < 4.78 is 0. The highest BCUT2D eigenvalue weighted by Gasteiger charge is 2.37. The Labute approximate surface area is 75.2 Å². The summed E-state index contributed by atoms with van der Waals surface area (Å²) in [6.45, 7) is 4.78. The van der Waals surface area contributed by atoms with Crippen LogP contribution in [0.1, 0.15) is 13.3 Å². The van der Waals surface area contributed by atoms with Crippen LogP contribution in [0.2, 0.25) is 0 Å². The van der Waals surface area contributed by atoms with Crippen molar-refractivity contribution in [1.29, 1.82) is 0 Å². The second kappa shape index (κ2) is 3.88. The third-order valence-electron chi connectivity index (χ3n) is 1.42. The Hall–Kier alpha value is -0.340. The summed E-state index contributed by atoms with van der Waals surface area (Å²) in [4.78, 5) is 21.4. The number of carbonyl (C=O) groups is 2. The highest BCUT2D eigenvalue weighted by atomic mass is 35.5. The van der Waals surface area contributed by atoms with E-state index in [0.717, 1.165) is 0 Å². The summed E-state index contributed by atoms with van der Waals surface area (Å²) in [5, 5.41) is -1.50. The minimum absolute atomic E-state index is 0.164. The molecule has 0 saturated carbocycles. The van der Waals surface area contributed by atoms with Crippen LogP contribution in [0, 0.1) is 5.41 Å². The molecule has 62 valence electrons. The van der Waals surface area contributed by atoms with Crippen molar-refractivity contribution in [3.8, 4) is 0 Å². The van der Waals surface area contributed by atoms with Crippen molar-refractivity contribution in [2.45, 2.75) is 13.3 Å². The lowest BCUT2D eigenvalue weighted by molar-refractivity contribution is -0.130. The highest BCUT2D eigenvalue weighted by Crippen LogP contribution is 2.27. The summed E-state index contributed by atoms with van der Waals surface area (Å²) in [7, 11) is 0. The van der Waals surface area contributed by atoms with Gasteiger partial charge in [0.1, 0.15) is 5.41 Å². The van der Waals surface area contributed by atoms with Gasteiger partial charge in [0.25, 0.3) is 0 Å². The maximum atomic E-state index is 10.7. The highest BCUT2D eigenvalue weighted by molar-refractivity contribution is 6.74. The van der Waals surface area contributed by atoms with Crippen molar-refractivity contribution in [3.63, 3.8) is 0 Å². The Bertz CT molecular complexity index is 185. The van der Waals surface area contributed by atoms with E-state index in [1.165, 1.54) is 13.0 Å². The average molecular weight is 195 g/mol. The number of carbonyl (C=O) groups excluding carboxylic acids is 2. The van der Waals surface area contributed by atoms with Crippen LogP contribution in [-0.2, 0) is 9.59 Å². The quantitative estimate of drug-likeness (QED) is 0.391. The predicted octanol–water partition coefficient (Wildman–Crippen LogP) is 2.10. The normalized spacial score (nSPS) is 10.8. The van der Waals surface area contributed by atoms with Gasteiger partial charge >= 0.3 is 0 Å². The summed E-state index contributed by atoms with van der Waals surface area (Å²) in [6.07, 6.45) is 1.60. The van der Waals surface area contributed by atoms with Crippen molar-refractivity contribution < 1.29 is 9.59 Å². The van der Waals surface area contributed by atoms with Gasteiger partial charge in [0.05, 0.1) is 0 Å². The number of allylic oxidation sites excluding steroid dienone is 1. The van der Waals surface area contributed by atoms with E-state index in [4.69, 9.17) is 23.2 Å². The van der Waals surface area contributed by atoms with Crippen molar-refractivity contribution >= 4 is 33.7 Å². The monoisotopic (exact) mass is 194 g/mol. The Morgan fingerprint density at radius 2 is 1.82 bits per heavy atom. The van der Waals surface area contributed by atoms with Crippen LogP contribution in [0.15, 0.2) is 12.7 Å². The molecule has 0 aliphatic carbocycles. The lowest BCUT2D eigenvalue weighted by atomic mass is 9.90. The van der Waals surface area contributed by atoms with E-state index in [1.54, 1.807) is 0 Å². The van der Waals surface area contributed by atoms with Gasteiger partial charge in [0, 0.05) is 0 Å². The van der Waals surface area contributed by atoms with Crippen molar-refractivity contribution in [1.82, 2.24) is 0 Å². The fraction of sp³-hybridized carbons (Fsp3) is 0.429. The molecule has 0 unspecified atom stereocenters. The molecule has 0 spiro atoms. The molecule has 0 aliphatic rings. The molecule has 0 aromatic heterocycles. The lowest BCUT2D eigenvalue weighted by Crippen LogP contribution is -2.29. The first-order valence-corrected chi connectivity index (χ1v) is 3.71. The molecular weight excluding hydrogens is 187 g/mol. The zero-order valence-electron chi connectivity index (χ0n) is 6.06. The Morgan fingerprint density at radius 3 is 1.91 bits per heavy atom. The summed E-state index contributed by atoms with van der Waals surface area (Å²) in [5.41, 5.74) is -1.31. The van der Waals surface area contributed by atoms with Crippen LogP contribution in [0.3, 0.4) is 0 Å². The summed E-state index contributed by atoms with van der Waals surface area (Å²) in [6, 6.07) is 0. The number of hydrogen-bond donors (Lipinski definition) is 0. The Kier molecular flexibility index (Phi) is 3.76. The van der Waals surface area contributed by atoms with Gasteiger partial charge in [0.2, 0.25) is 10.5 Å². The molecule has 11 heavy (non-hydrogen) atoms. The van der Waals surface area contributed by atoms with Gasteiger partial charge in [0.15, 0.2) is 0 Å². The second-order valence-corrected chi connectivity index (χ2v) is 3.06. The van der Waals surface area contributed by atoms with Crippen molar-refractivity contribution in [3.05, 3.63) is 12.7 Å². The average Bonchev–Trinajstić information content (AvgIpc) is 1.87. The maximum absolute atomic E-state index is 10.7. The molecule has 4 heteroatoms. The van der Waals surface area contributed by atoms with Crippen LogP contribution in [-0.4, -0.2) is 10.5 Å². The molecule has 0 fully saturated rings. The molecule has 2 nitrogen and oxygen atoms in total. The molecule has 0 saturated heterocycles. The van der Waals surface area contributed by atoms with E-state index < -0.39 is 15.9 Å². The zero-order chi connectivity index (χ0) is 9.07. The minimum atomic E-state index is -1.31. The third-order valence-corrected chi connectivity index (χ3v) is 2.25. The number of hydrogen-bond acceptors (Lipinski definition) is 2. The Morgan fingerprint density at radius 1 is 1.45 bits per heavy atom. The molecule has 0 aromatic rings. The first kappa shape index (κ1) is 10.7. The molecule has 0 bridgehead atoms. The van der Waals surface area contributed by atoms with Crippen LogP contribution >= 0.6 is 23.2 Å². The second-order valence-electron chi connectivity index (χ2n) is 2.37. The fourth-order valence-corrected chi connectivity index (χ4v) is 0.901. The van der Waals surface area contributed by atoms with E-state index in [1.807, 2.05) is 0 Å². The molecule has 0 aliphatic heterocycles. The summed E-state index contributed by atoms with van der Waals surface area (Å²) >= 11 is 10.3. The van der Waals surface area contributed by atoms with Gasteiger partial charge in [-0.3, -0.25) is 9.59 Å². The van der Waals surface area contributed by atoms with Gasteiger partial charge in [-0.2, -0.15) is 0 Å². The van der Waals surface area contributed by atoms with E-state index in [9.17, 15) is 9.59 Å². The molecule has 0 rings (SSSR count).